The van der Waals surface area contributed by atoms with Crippen molar-refractivity contribution in [2.24, 2.45) is 5.73 Å². The molecule has 0 aliphatic heterocycles. The maximum absolute atomic E-state index is 6.90. The molecule has 0 fully saturated rings. The van der Waals surface area contributed by atoms with Crippen LogP contribution < -0.4 is 16.5 Å². The smallest absolute Gasteiger partial charge is 0.120 e. The molecule has 220 valence electrons. The van der Waals surface area contributed by atoms with Crippen LogP contribution in [0.2, 0.25) is 0 Å². The third kappa shape index (κ3) is 4.16. The van der Waals surface area contributed by atoms with Crippen LogP contribution in [0.4, 0.5) is 0 Å². The van der Waals surface area contributed by atoms with E-state index in [-0.39, 0.29) is 6.17 Å². The molecule has 9 aromatic rings. The Hall–Kier alpha value is -5.68. The molecule has 4 N–H and O–H groups in total. The molecule has 0 spiro atoms. The second-order valence-corrected chi connectivity index (χ2v) is 12.0. The Kier molecular flexibility index (Phi) is 6.23. The molecule has 0 aliphatic carbocycles. The summed E-state index contributed by atoms with van der Waals surface area (Å²) in [5.74, 6) is 0. The third-order valence-corrected chi connectivity index (χ3v) is 9.42. The van der Waals surface area contributed by atoms with Crippen molar-refractivity contribution in [1.29, 1.82) is 0 Å². The summed E-state index contributed by atoms with van der Waals surface area (Å²) in [7, 11) is 0. The van der Waals surface area contributed by atoms with Crippen LogP contribution in [-0.4, -0.2) is 4.68 Å². The average molecular weight is 593 g/mol. The molecule has 4 heteroatoms. The second kappa shape index (κ2) is 10.7. The Morgan fingerprint density at radius 2 is 1.07 bits per heavy atom. The van der Waals surface area contributed by atoms with Crippen LogP contribution >= 0.6 is 0 Å². The highest BCUT2D eigenvalue weighted by atomic mass is 15.5. The standard InChI is InChI=1S/C42H32N4/c43-41(29-15-2-1-3-16-29)44-42(35-23-12-17-27-13-4-6-18-30(27)35)45-46-37-24-11-10-22-36(37)39-38-31-19-7-5-14-28(31)25-26-33(38)32-20-8-9-21-34(32)40(39)46/h1-26,41-42,44-45H,43H2. The SMILES string of the molecule is NC(NC(Nn1c2ccccc2c2c3c4ccccc4ccc3c3ccccc3c21)c1cccc2ccccc12)c1ccccc1. The molecule has 1 aromatic heterocycles. The fourth-order valence-electron chi connectivity index (χ4n) is 7.34. The minimum atomic E-state index is -0.396. The zero-order chi connectivity index (χ0) is 30.6. The van der Waals surface area contributed by atoms with E-state index in [1.165, 1.54) is 53.9 Å². The van der Waals surface area contributed by atoms with Crippen molar-refractivity contribution in [2.75, 3.05) is 5.43 Å². The van der Waals surface area contributed by atoms with Crippen molar-refractivity contribution in [2.45, 2.75) is 12.3 Å². The number of benzene rings is 8. The predicted molar refractivity (Wildman–Crippen MR) is 195 cm³/mol. The zero-order valence-electron chi connectivity index (χ0n) is 25.2. The van der Waals surface area contributed by atoms with Crippen LogP contribution in [-0.2, 0) is 0 Å². The molecule has 0 saturated heterocycles. The molecule has 1 heterocycles. The first-order valence-corrected chi connectivity index (χ1v) is 15.8. The number of nitrogens with two attached hydrogens (primary N) is 1. The molecular weight excluding hydrogens is 560 g/mol. The van der Waals surface area contributed by atoms with Crippen molar-refractivity contribution in [3.8, 4) is 0 Å². The molecule has 4 nitrogen and oxygen atoms in total. The van der Waals surface area contributed by atoms with Gasteiger partial charge in [0.1, 0.15) is 6.17 Å². The summed E-state index contributed by atoms with van der Waals surface area (Å²) < 4.78 is 2.30. The fourth-order valence-corrected chi connectivity index (χ4v) is 7.34. The molecule has 2 atom stereocenters. The highest BCUT2D eigenvalue weighted by Crippen LogP contribution is 2.43. The topological polar surface area (TPSA) is 55.0 Å². The first-order valence-electron chi connectivity index (χ1n) is 15.8. The van der Waals surface area contributed by atoms with Gasteiger partial charge in [-0.3, -0.25) is 9.99 Å². The van der Waals surface area contributed by atoms with Gasteiger partial charge >= 0.3 is 0 Å². The Labute approximate surface area is 266 Å². The van der Waals surface area contributed by atoms with Gasteiger partial charge in [-0.1, -0.05) is 152 Å². The van der Waals surface area contributed by atoms with E-state index in [2.05, 4.69) is 155 Å². The molecule has 0 saturated carbocycles. The van der Waals surface area contributed by atoms with Crippen molar-refractivity contribution < 1.29 is 0 Å². The van der Waals surface area contributed by atoms with E-state index in [4.69, 9.17) is 5.73 Å². The first kappa shape index (κ1) is 26.7. The number of nitrogens with one attached hydrogen (secondary N) is 2. The Morgan fingerprint density at radius 3 is 1.87 bits per heavy atom. The Balaban J connectivity index is 1.36. The lowest BCUT2D eigenvalue weighted by atomic mass is 9.93. The van der Waals surface area contributed by atoms with Gasteiger partial charge in [0, 0.05) is 21.5 Å². The van der Waals surface area contributed by atoms with Gasteiger partial charge < -0.3 is 11.2 Å². The van der Waals surface area contributed by atoms with Crippen molar-refractivity contribution in [3.63, 3.8) is 0 Å². The molecule has 0 amide bonds. The lowest BCUT2D eigenvalue weighted by Gasteiger charge is -2.28. The van der Waals surface area contributed by atoms with E-state index >= 15 is 0 Å². The third-order valence-electron chi connectivity index (χ3n) is 9.42. The molecule has 0 bridgehead atoms. The highest BCUT2D eigenvalue weighted by Gasteiger charge is 2.23. The highest BCUT2D eigenvalue weighted by molar-refractivity contribution is 6.36. The fraction of sp³-hybridized carbons (Fsp3) is 0.0476. The van der Waals surface area contributed by atoms with Gasteiger partial charge in [0.2, 0.25) is 0 Å². The predicted octanol–water partition coefficient (Wildman–Crippen LogP) is 9.90. The van der Waals surface area contributed by atoms with Crippen molar-refractivity contribution in [1.82, 2.24) is 9.99 Å². The first-order chi connectivity index (χ1) is 22.8. The molecule has 2 unspecified atom stereocenters. The number of aromatic nitrogens is 1. The number of rotatable bonds is 6. The van der Waals surface area contributed by atoms with E-state index in [1.807, 2.05) is 18.2 Å². The summed E-state index contributed by atoms with van der Waals surface area (Å²) >= 11 is 0. The quantitative estimate of drug-likeness (QED) is 0.133. The number of para-hydroxylation sites is 1. The minimum absolute atomic E-state index is 0.317. The van der Waals surface area contributed by atoms with Gasteiger partial charge in [0.25, 0.3) is 0 Å². The minimum Gasteiger partial charge on any atom is -0.312 e. The summed E-state index contributed by atoms with van der Waals surface area (Å²) in [4.78, 5) is 0. The zero-order valence-corrected chi connectivity index (χ0v) is 25.2. The average Bonchev–Trinajstić information content (AvgIpc) is 3.45. The van der Waals surface area contributed by atoms with Crippen LogP contribution in [0.15, 0.2) is 158 Å². The van der Waals surface area contributed by atoms with Crippen LogP contribution in [0.3, 0.4) is 0 Å². The van der Waals surface area contributed by atoms with Gasteiger partial charge in [-0.05, 0) is 49.5 Å². The lowest BCUT2D eigenvalue weighted by Crippen LogP contribution is -2.39. The van der Waals surface area contributed by atoms with Crippen molar-refractivity contribution in [3.05, 3.63) is 169 Å². The summed E-state index contributed by atoms with van der Waals surface area (Å²) in [5.41, 5.74) is 15.3. The molecule has 8 aromatic carbocycles. The number of fused-ring (bicyclic) bond motifs is 11. The molecular formula is C42H32N4. The van der Waals surface area contributed by atoms with E-state index in [9.17, 15) is 0 Å². The van der Waals surface area contributed by atoms with Gasteiger partial charge in [-0.25, -0.2) is 0 Å². The van der Waals surface area contributed by atoms with E-state index in [1.54, 1.807) is 0 Å². The van der Waals surface area contributed by atoms with Gasteiger partial charge in [0.15, 0.2) is 0 Å². The Bertz CT molecular complexity index is 2560. The number of nitrogens with zero attached hydrogens (tertiary/aromatic N) is 1. The summed E-state index contributed by atoms with van der Waals surface area (Å²) in [6.07, 6.45) is -0.713. The lowest BCUT2D eigenvalue weighted by molar-refractivity contribution is 0.466. The monoisotopic (exact) mass is 592 g/mol. The molecule has 9 rings (SSSR count). The summed E-state index contributed by atoms with van der Waals surface area (Å²) in [6.45, 7) is 0. The van der Waals surface area contributed by atoms with Crippen LogP contribution in [0.1, 0.15) is 23.5 Å². The van der Waals surface area contributed by atoms with Crippen LogP contribution in [0, 0.1) is 0 Å². The normalized spacial score (nSPS) is 13.2. The molecule has 46 heavy (non-hydrogen) atoms. The summed E-state index contributed by atoms with van der Waals surface area (Å²) in [5, 5.41) is 16.1. The van der Waals surface area contributed by atoms with E-state index in [0.29, 0.717) is 0 Å². The van der Waals surface area contributed by atoms with Gasteiger partial charge in [-0.2, -0.15) is 0 Å². The maximum atomic E-state index is 6.90. The largest absolute Gasteiger partial charge is 0.312 e. The summed E-state index contributed by atoms with van der Waals surface area (Å²) in [6, 6.07) is 56.0. The van der Waals surface area contributed by atoms with E-state index < -0.39 is 6.17 Å². The second-order valence-electron chi connectivity index (χ2n) is 12.0. The molecule has 0 radical (unpaired) electrons. The number of hydrogen-bond donors (Lipinski definition) is 3. The van der Waals surface area contributed by atoms with E-state index in [0.717, 1.165) is 22.2 Å². The van der Waals surface area contributed by atoms with Gasteiger partial charge in [0.05, 0.1) is 17.2 Å². The number of hydrogen-bond acceptors (Lipinski definition) is 3. The van der Waals surface area contributed by atoms with Crippen LogP contribution in [0.5, 0.6) is 0 Å². The van der Waals surface area contributed by atoms with Gasteiger partial charge in [-0.15, -0.1) is 0 Å². The maximum Gasteiger partial charge on any atom is 0.120 e. The Morgan fingerprint density at radius 1 is 0.457 bits per heavy atom. The van der Waals surface area contributed by atoms with Crippen LogP contribution in [0.25, 0.3) is 64.9 Å². The van der Waals surface area contributed by atoms with Crippen molar-refractivity contribution >= 4 is 64.9 Å². The molecule has 0 aliphatic rings.